The molecule has 0 aliphatic carbocycles. The van der Waals surface area contributed by atoms with Gasteiger partial charge >= 0.3 is 0 Å². The summed E-state index contributed by atoms with van der Waals surface area (Å²) in [6.45, 7) is 6.82. The number of fused-ring (bicyclic) bond motifs is 1. The van der Waals surface area contributed by atoms with Crippen LogP contribution in [0, 0.1) is 0 Å². The van der Waals surface area contributed by atoms with E-state index in [-0.39, 0.29) is 0 Å². The van der Waals surface area contributed by atoms with Crippen LogP contribution in [0.1, 0.15) is 31.4 Å². The predicted octanol–water partition coefficient (Wildman–Crippen LogP) is 2.39. The minimum atomic E-state index is 0.596. The lowest BCUT2D eigenvalue weighted by Crippen LogP contribution is -2.34. The summed E-state index contributed by atoms with van der Waals surface area (Å²) in [5, 5.41) is 3.31. The van der Waals surface area contributed by atoms with Gasteiger partial charge in [-0.05, 0) is 38.4 Å². The summed E-state index contributed by atoms with van der Waals surface area (Å²) < 4.78 is 0. The fraction of sp³-hybridized carbons (Fsp3) is 0.571. The van der Waals surface area contributed by atoms with Crippen LogP contribution in [0.5, 0.6) is 0 Å². The van der Waals surface area contributed by atoms with Crippen LogP contribution in [0.4, 0.5) is 0 Å². The topological polar surface area (TPSA) is 15.3 Å². The molecule has 2 unspecified atom stereocenters. The number of benzene rings is 1. The first-order chi connectivity index (χ1) is 7.70. The third-order valence-corrected chi connectivity index (χ3v) is 3.68. The van der Waals surface area contributed by atoms with Crippen molar-refractivity contribution in [3.63, 3.8) is 0 Å². The molecule has 2 nitrogen and oxygen atoms in total. The van der Waals surface area contributed by atoms with E-state index < -0.39 is 0 Å². The molecule has 1 heterocycles. The summed E-state index contributed by atoms with van der Waals surface area (Å²) in [6, 6.07) is 10.0. The van der Waals surface area contributed by atoms with Crippen LogP contribution in [-0.4, -0.2) is 24.0 Å². The quantitative estimate of drug-likeness (QED) is 0.835. The third-order valence-electron chi connectivity index (χ3n) is 3.68. The van der Waals surface area contributed by atoms with Gasteiger partial charge in [0.2, 0.25) is 0 Å². The van der Waals surface area contributed by atoms with E-state index in [9.17, 15) is 0 Å². The second kappa shape index (κ2) is 4.98. The molecule has 1 aliphatic heterocycles. The molecule has 16 heavy (non-hydrogen) atoms. The molecule has 0 spiro atoms. The lowest BCUT2D eigenvalue weighted by atomic mass is 10.1. The highest BCUT2D eigenvalue weighted by atomic mass is 15.2. The van der Waals surface area contributed by atoms with Crippen molar-refractivity contribution in [2.24, 2.45) is 0 Å². The van der Waals surface area contributed by atoms with Gasteiger partial charge in [-0.1, -0.05) is 24.3 Å². The van der Waals surface area contributed by atoms with Crippen molar-refractivity contribution in [3.05, 3.63) is 35.4 Å². The summed E-state index contributed by atoms with van der Waals surface area (Å²) in [4.78, 5) is 2.57. The Kier molecular flexibility index (Phi) is 3.62. The SMILES string of the molecule is CNC(C)CC(C)N1Cc2ccccc2C1. The van der Waals surface area contributed by atoms with E-state index in [0.717, 1.165) is 13.1 Å². The molecule has 88 valence electrons. The van der Waals surface area contributed by atoms with E-state index in [1.54, 1.807) is 0 Å². The fourth-order valence-corrected chi connectivity index (χ4v) is 2.45. The molecule has 0 aromatic heterocycles. The van der Waals surface area contributed by atoms with E-state index >= 15 is 0 Å². The molecule has 0 amide bonds. The van der Waals surface area contributed by atoms with Gasteiger partial charge in [0.05, 0.1) is 0 Å². The number of hydrogen-bond donors (Lipinski definition) is 1. The smallest absolute Gasteiger partial charge is 0.0243 e. The van der Waals surface area contributed by atoms with Crippen LogP contribution in [0.3, 0.4) is 0 Å². The first-order valence-electron chi connectivity index (χ1n) is 6.18. The Labute approximate surface area is 98.7 Å². The Morgan fingerprint density at radius 3 is 2.25 bits per heavy atom. The number of rotatable bonds is 4. The minimum absolute atomic E-state index is 0.596. The molecule has 0 bridgehead atoms. The maximum atomic E-state index is 3.31. The molecule has 0 radical (unpaired) electrons. The minimum Gasteiger partial charge on any atom is -0.317 e. The van der Waals surface area contributed by atoms with Crippen LogP contribution >= 0.6 is 0 Å². The molecule has 0 saturated heterocycles. The molecule has 1 N–H and O–H groups in total. The molecular weight excluding hydrogens is 196 g/mol. The highest BCUT2D eigenvalue weighted by molar-refractivity contribution is 5.30. The van der Waals surface area contributed by atoms with Crippen molar-refractivity contribution in [3.8, 4) is 0 Å². The van der Waals surface area contributed by atoms with Gasteiger partial charge in [0.15, 0.2) is 0 Å². The fourth-order valence-electron chi connectivity index (χ4n) is 2.45. The molecule has 1 aromatic rings. The first kappa shape index (κ1) is 11.6. The average Bonchev–Trinajstić information content (AvgIpc) is 2.72. The molecule has 0 saturated carbocycles. The molecule has 0 fully saturated rings. The van der Waals surface area contributed by atoms with Crippen LogP contribution < -0.4 is 5.32 Å². The Hall–Kier alpha value is -0.860. The van der Waals surface area contributed by atoms with Crippen molar-refractivity contribution < 1.29 is 0 Å². The second-order valence-electron chi connectivity index (χ2n) is 4.95. The largest absolute Gasteiger partial charge is 0.317 e. The summed E-state index contributed by atoms with van der Waals surface area (Å²) in [5.41, 5.74) is 3.01. The zero-order chi connectivity index (χ0) is 11.5. The lowest BCUT2D eigenvalue weighted by Gasteiger charge is -2.26. The number of nitrogens with one attached hydrogen (secondary N) is 1. The summed E-state index contributed by atoms with van der Waals surface area (Å²) in [6.07, 6.45) is 1.21. The summed E-state index contributed by atoms with van der Waals surface area (Å²) >= 11 is 0. The summed E-state index contributed by atoms with van der Waals surface area (Å²) in [5.74, 6) is 0. The molecule has 1 aliphatic rings. The second-order valence-corrected chi connectivity index (χ2v) is 4.95. The normalized spacial score (nSPS) is 19.4. The molecular formula is C14H22N2. The Morgan fingerprint density at radius 2 is 1.75 bits per heavy atom. The van der Waals surface area contributed by atoms with Gasteiger partial charge in [0, 0.05) is 25.2 Å². The monoisotopic (exact) mass is 218 g/mol. The highest BCUT2D eigenvalue weighted by Crippen LogP contribution is 2.25. The lowest BCUT2D eigenvalue weighted by molar-refractivity contribution is 0.192. The van der Waals surface area contributed by atoms with Crippen molar-refractivity contribution in [1.82, 2.24) is 10.2 Å². The van der Waals surface area contributed by atoms with Gasteiger partial charge in [-0.25, -0.2) is 0 Å². The third kappa shape index (κ3) is 2.45. The average molecular weight is 218 g/mol. The Bertz CT molecular complexity index is 323. The summed E-state index contributed by atoms with van der Waals surface area (Å²) in [7, 11) is 2.04. The molecule has 2 heteroatoms. The van der Waals surface area contributed by atoms with Crippen molar-refractivity contribution in [2.45, 2.75) is 45.4 Å². The zero-order valence-electron chi connectivity index (χ0n) is 10.5. The Morgan fingerprint density at radius 1 is 1.19 bits per heavy atom. The van der Waals surface area contributed by atoms with E-state index in [1.165, 1.54) is 17.5 Å². The van der Waals surface area contributed by atoms with E-state index in [1.807, 2.05) is 7.05 Å². The van der Waals surface area contributed by atoms with Gasteiger partial charge < -0.3 is 5.32 Å². The molecule has 2 rings (SSSR count). The van der Waals surface area contributed by atoms with Crippen molar-refractivity contribution >= 4 is 0 Å². The van der Waals surface area contributed by atoms with Crippen LogP contribution in [0.25, 0.3) is 0 Å². The first-order valence-corrected chi connectivity index (χ1v) is 6.18. The van der Waals surface area contributed by atoms with Gasteiger partial charge in [0.25, 0.3) is 0 Å². The molecule has 2 atom stereocenters. The van der Waals surface area contributed by atoms with Crippen molar-refractivity contribution in [1.29, 1.82) is 0 Å². The van der Waals surface area contributed by atoms with Crippen molar-refractivity contribution in [2.75, 3.05) is 7.05 Å². The van der Waals surface area contributed by atoms with Crippen LogP contribution in [-0.2, 0) is 13.1 Å². The van der Waals surface area contributed by atoms with Gasteiger partial charge in [0.1, 0.15) is 0 Å². The van der Waals surface area contributed by atoms with Gasteiger partial charge in [-0.15, -0.1) is 0 Å². The standard InChI is InChI=1S/C14H22N2/c1-11(15-3)8-12(2)16-9-13-6-4-5-7-14(13)10-16/h4-7,11-12,15H,8-10H2,1-3H3. The highest BCUT2D eigenvalue weighted by Gasteiger charge is 2.23. The number of hydrogen-bond acceptors (Lipinski definition) is 2. The molecule has 1 aromatic carbocycles. The number of nitrogens with zero attached hydrogens (tertiary/aromatic N) is 1. The van der Waals surface area contributed by atoms with E-state index in [2.05, 4.69) is 48.3 Å². The zero-order valence-corrected chi connectivity index (χ0v) is 10.5. The van der Waals surface area contributed by atoms with Crippen LogP contribution in [0.2, 0.25) is 0 Å². The van der Waals surface area contributed by atoms with Gasteiger partial charge in [-0.2, -0.15) is 0 Å². The van der Waals surface area contributed by atoms with Crippen LogP contribution in [0.15, 0.2) is 24.3 Å². The Balaban J connectivity index is 1.95. The van der Waals surface area contributed by atoms with E-state index in [4.69, 9.17) is 0 Å². The van der Waals surface area contributed by atoms with E-state index in [0.29, 0.717) is 12.1 Å². The predicted molar refractivity (Wildman–Crippen MR) is 68.3 cm³/mol. The maximum Gasteiger partial charge on any atom is 0.0243 e. The maximum absolute atomic E-state index is 3.31. The van der Waals surface area contributed by atoms with Gasteiger partial charge in [-0.3, -0.25) is 4.90 Å².